The second-order valence-corrected chi connectivity index (χ2v) is 6.50. The van der Waals surface area contributed by atoms with Gasteiger partial charge in [-0.1, -0.05) is 0 Å². The lowest BCUT2D eigenvalue weighted by Crippen LogP contribution is -2.34. The number of rotatable bonds is 4. The summed E-state index contributed by atoms with van der Waals surface area (Å²) in [4.78, 5) is 18.6. The first-order valence-electron chi connectivity index (χ1n) is 8.44. The van der Waals surface area contributed by atoms with Crippen LogP contribution < -0.4 is 5.32 Å². The highest BCUT2D eigenvalue weighted by atomic mass is 16.2. The number of aromatic nitrogens is 5. The zero-order chi connectivity index (χ0) is 17.4. The van der Waals surface area contributed by atoms with Gasteiger partial charge in [0, 0.05) is 37.2 Å². The van der Waals surface area contributed by atoms with E-state index in [0.717, 1.165) is 35.8 Å². The number of amides is 1. The van der Waals surface area contributed by atoms with E-state index < -0.39 is 0 Å². The molecule has 3 aromatic rings. The number of imidazole rings is 1. The molecule has 25 heavy (non-hydrogen) atoms. The number of hydrogen-bond acceptors (Lipinski definition) is 5. The molecule has 0 aromatic carbocycles. The third-order valence-corrected chi connectivity index (χ3v) is 4.54. The van der Waals surface area contributed by atoms with Crippen LogP contribution in [0.3, 0.4) is 0 Å². The van der Waals surface area contributed by atoms with E-state index in [1.165, 1.54) is 0 Å². The van der Waals surface area contributed by atoms with Crippen molar-refractivity contribution in [2.75, 3.05) is 18.4 Å². The van der Waals surface area contributed by atoms with E-state index in [1.54, 1.807) is 15.4 Å². The fraction of sp³-hybridized carbons (Fsp3) is 0.412. The van der Waals surface area contributed by atoms with Crippen LogP contribution in [0.4, 0.5) is 5.82 Å². The lowest BCUT2D eigenvalue weighted by Gasteiger charge is -2.18. The van der Waals surface area contributed by atoms with Crippen molar-refractivity contribution < 1.29 is 4.79 Å². The van der Waals surface area contributed by atoms with Crippen molar-refractivity contribution in [1.29, 1.82) is 0 Å². The molecule has 0 unspecified atom stereocenters. The van der Waals surface area contributed by atoms with Crippen molar-refractivity contribution in [2.45, 2.75) is 32.9 Å². The number of hydrogen-bond donors (Lipinski definition) is 1. The molecule has 4 rings (SSSR count). The van der Waals surface area contributed by atoms with Gasteiger partial charge in [0.1, 0.15) is 12.4 Å². The van der Waals surface area contributed by atoms with Gasteiger partial charge in [-0.2, -0.15) is 5.10 Å². The van der Waals surface area contributed by atoms with Gasteiger partial charge in [0.2, 0.25) is 5.91 Å². The Morgan fingerprint density at radius 2 is 2.20 bits per heavy atom. The minimum atomic E-state index is 0.105. The molecular weight excluding hydrogens is 318 g/mol. The predicted molar refractivity (Wildman–Crippen MR) is 93.3 cm³/mol. The molecule has 1 fully saturated rings. The molecular formula is C17H21N7O. The molecule has 0 spiro atoms. The van der Waals surface area contributed by atoms with Crippen LogP contribution in [-0.4, -0.2) is 54.3 Å². The van der Waals surface area contributed by atoms with E-state index in [9.17, 15) is 4.79 Å². The lowest BCUT2D eigenvalue weighted by molar-refractivity contribution is -0.131. The number of fused-ring (bicyclic) bond motifs is 1. The van der Waals surface area contributed by atoms with Gasteiger partial charge in [-0.15, -0.1) is 5.10 Å². The Morgan fingerprint density at radius 1 is 1.32 bits per heavy atom. The maximum absolute atomic E-state index is 12.5. The molecule has 1 atom stereocenters. The smallest absolute Gasteiger partial charge is 0.244 e. The minimum absolute atomic E-state index is 0.105. The summed E-state index contributed by atoms with van der Waals surface area (Å²) in [6, 6.07) is 6.04. The summed E-state index contributed by atoms with van der Waals surface area (Å²) in [5.41, 5.74) is 2.77. The molecule has 130 valence electrons. The summed E-state index contributed by atoms with van der Waals surface area (Å²) >= 11 is 0. The Bertz CT molecular complexity index is 913. The van der Waals surface area contributed by atoms with Crippen LogP contribution in [0.15, 0.2) is 30.6 Å². The molecule has 0 saturated carbocycles. The van der Waals surface area contributed by atoms with Gasteiger partial charge >= 0.3 is 0 Å². The van der Waals surface area contributed by atoms with Crippen LogP contribution in [0.5, 0.6) is 0 Å². The molecule has 1 N–H and O–H groups in total. The van der Waals surface area contributed by atoms with Crippen molar-refractivity contribution in [3.8, 4) is 0 Å². The second kappa shape index (κ2) is 6.19. The first-order valence-corrected chi connectivity index (χ1v) is 8.44. The largest absolute Gasteiger partial charge is 0.364 e. The van der Waals surface area contributed by atoms with E-state index in [0.29, 0.717) is 13.1 Å². The third-order valence-electron chi connectivity index (χ3n) is 4.54. The zero-order valence-corrected chi connectivity index (χ0v) is 14.4. The molecule has 1 saturated heterocycles. The summed E-state index contributed by atoms with van der Waals surface area (Å²) in [6.45, 7) is 5.64. The summed E-state index contributed by atoms with van der Waals surface area (Å²) in [6.07, 6.45) is 4.45. The van der Waals surface area contributed by atoms with Gasteiger partial charge in [-0.05, 0) is 38.5 Å². The van der Waals surface area contributed by atoms with Crippen molar-refractivity contribution >= 4 is 17.4 Å². The predicted octanol–water partition coefficient (Wildman–Crippen LogP) is 1.26. The summed E-state index contributed by atoms with van der Waals surface area (Å²) in [5.74, 6) is 0.900. The number of anilines is 1. The summed E-state index contributed by atoms with van der Waals surface area (Å²) in [5, 5.41) is 12.3. The lowest BCUT2D eigenvalue weighted by atomic mass is 10.2. The monoisotopic (exact) mass is 339 g/mol. The SMILES string of the molecule is Cc1cc(C)n(CC(=O)N2CC[C@H](Nc3ccc4nccn4n3)C2)n1. The van der Waals surface area contributed by atoms with Gasteiger partial charge in [-0.25, -0.2) is 9.50 Å². The Kier molecular flexibility index (Phi) is 3.87. The first kappa shape index (κ1) is 15.6. The Morgan fingerprint density at radius 3 is 3.00 bits per heavy atom. The topological polar surface area (TPSA) is 80.4 Å². The standard InChI is InChI=1S/C17H21N7O/c1-12-9-13(2)24(20-12)11-17(25)22-7-5-14(10-22)19-15-3-4-16-18-6-8-23(16)21-15/h3-4,6,8-9,14H,5,7,10-11H2,1-2H3,(H,19,21)/t14-/m0/s1. The number of carbonyl (C=O) groups excluding carboxylic acids is 1. The quantitative estimate of drug-likeness (QED) is 0.774. The van der Waals surface area contributed by atoms with Crippen molar-refractivity contribution in [2.24, 2.45) is 0 Å². The van der Waals surface area contributed by atoms with Crippen molar-refractivity contribution in [3.05, 3.63) is 42.0 Å². The Labute approximate surface area is 145 Å². The third kappa shape index (κ3) is 3.19. The Balaban J connectivity index is 1.37. The van der Waals surface area contributed by atoms with Gasteiger partial charge in [-0.3, -0.25) is 9.48 Å². The maximum Gasteiger partial charge on any atom is 0.244 e. The molecule has 8 heteroatoms. The maximum atomic E-state index is 12.5. The normalized spacial score (nSPS) is 17.4. The second-order valence-electron chi connectivity index (χ2n) is 6.50. The highest BCUT2D eigenvalue weighted by Crippen LogP contribution is 2.15. The number of nitrogens with zero attached hydrogens (tertiary/aromatic N) is 6. The molecule has 0 aliphatic carbocycles. The molecule has 3 aromatic heterocycles. The van der Waals surface area contributed by atoms with Gasteiger partial charge in [0.25, 0.3) is 0 Å². The van der Waals surface area contributed by atoms with Gasteiger partial charge in [0.15, 0.2) is 5.65 Å². The minimum Gasteiger partial charge on any atom is -0.364 e. The van der Waals surface area contributed by atoms with E-state index in [-0.39, 0.29) is 11.9 Å². The number of likely N-dealkylation sites (tertiary alicyclic amines) is 1. The van der Waals surface area contributed by atoms with E-state index in [2.05, 4.69) is 20.5 Å². The molecule has 0 bridgehead atoms. The Hall–Kier alpha value is -2.90. The van der Waals surface area contributed by atoms with Crippen LogP contribution >= 0.6 is 0 Å². The summed E-state index contributed by atoms with van der Waals surface area (Å²) in [7, 11) is 0. The average Bonchev–Trinajstić information content (AvgIpc) is 3.28. The van der Waals surface area contributed by atoms with Crippen molar-refractivity contribution in [3.63, 3.8) is 0 Å². The molecule has 1 aliphatic rings. The number of aryl methyl sites for hydroxylation is 2. The fourth-order valence-electron chi connectivity index (χ4n) is 3.27. The van der Waals surface area contributed by atoms with E-state index in [4.69, 9.17) is 0 Å². The average molecular weight is 339 g/mol. The van der Waals surface area contributed by atoms with E-state index in [1.807, 2.05) is 43.1 Å². The number of nitrogens with one attached hydrogen (secondary N) is 1. The van der Waals surface area contributed by atoms with Gasteiger partial charge < -0.3 is 10.2 Å². The first-order chi connectivity index (χ1) is 12.1. The molecule has 1 aliphatic heterocycles. The van der Waals surface area contributed by atoms with Crippen LogP contribution in [0.25, 0.3) is 5.65 Å². The fourth-order valence-corrected chi connectivity index (χ4v) is 3.27. The van der Waals surface area contributed by atoms with Crippen LogP contribution in [0.1, 0.15) is 17.8 Å². The van der Waals surface area contributed by atoms with Crippen molar-refractivity contribution in [1.82, 2.24) is 29.3 Å². The molecule has 4 heterocycles. The van der Waals surface area contributed by atoms with Crippen LogP contribution in [-0.2, 0) is 11.3 Å². The van der Waals surface area contributed by atoms with E-state index >= 15 is 0 Å². The van der Waals surface area contributed by atoms with Crippen LogP contribution in [0, 0.1) is 13.8 Å². The molecule has 0 radical (unpaired) electrons. The van der Waals surface area contributed by atoms with Crippen LogP contribution in [0.2, 0.25) is 0 Å². The zero-order valence-electron chi connectivity index (χ0n) is 14.4. The van der Waals surface area contributed by atoms with Gasteiger partial charge in [0.05, 0.1) is 5.69 Å². The summed E-state index contributed by atoms with van der Waals surface area (Å²) < 4.78 is 3.51. The molecule has 8 nitrogen and oxygen atoms in total. The number of carbonyl (C=O) groups is 1. The highest BCUT2D eigenvalue weighted by molar-refractivity contribution is 5.76. The highest BCUT2D eigenvalue weighted by Gasteiger charge is 2.26. The molecule has 1 amide bonds.